The van der Waals surface area contributed by atoms with E-state index in [9.17, 15) is 0 Å². The van der Waals surface area contributed by atoms with Crippen LogP contribution in [0.15, 0.2) is 41.2 Å². The summed E-state index contributed by atoms with van der Waals surface area (Å²) in [5.41, 5.74) is 0. The molecule has 150 valence electrons. The number of guanidine groups is 1. The number of nitrogens with zero attached hydrogens (tertiary/aromatic N) is 4. The van der Waals surface area contributed by atoms with E-state index in [0.717, 1.165) is 31.5 Å². The molecule has 1 saturated heterocycles. The Morgan fingerprint density at radius 2 is 2.19 bits per heavy atom. The van der Waals surface area contributed by atoms with Gasteiger partial charge in [-0.1, -0.05) is 13.0 Å². The van der Waals surface area contributed by atoms with Gasteiger partial charge in [0.05, 0.1) is 12.4 Å². The number of thiophene rings is 1. The van der Waals surface area contributed by atoms with Gasteiger partial charge in [0.1, 0.15) is 0 Å². The molecule has 1 fully saturated rings. The maximum absolute atomic E-state index is 4.37. The molecule has 0 spiro atoms. The number of hydrogen-bond donors (Lipinski definition) is 2. The Morgan fingerprint density at radius 3 is 2.81 bits per heavy atom. The molecule has 2 aromatic heterocycles. The number of aromatic nitrogens is 2. The average molecular weight is 502 g/mol. The van der Waals surface area contributed by atoms with E-state index in [-0.39, 0.29) is 24.0 Å². The lowest BCUT2D eigenvalue weighted by Gasteiger charge is -2.36. The molecule has 27 heavy (non-hydrogen) atoms. The number of likely N-dealkylation sites (tertiary alicyclic amines) is 1. The summed E-state index contributed by atoms with van der Waals surface area (Å²) in [4.78, 5) is 12.5. The van der Waals surface area contributed by atoms with Crippen molar-refractivity contribution in [2.45, 2.75) is 32.4 Å². The molecule has 1 atom stereocenters. The fourth-order valence-electron chi connectivity index (χ4n) is 3.37. The zero-order valence-corrected chi connectivity index (χ0v) is 19.3. The van der Waals surface area contributed by atoms with Crippen molar-refractivity contribution in [3.8, 4) is 0 Å². The van der Waals surface area contributed by atoms with E-state index in [1.54, 1.807) is 6.20 Å². The molecule has 1 aliphatic heterocycles. The minimum absolute atomic E-state index is 0. The minimum Gasteiger partial charge on any atom is -0.355 e. The first-order valence-electron chi connectivity index (χ1n) is 9.44. The van der Waals surface area contributed by atoms with Crippen molar-refractivity contribution in [2.75, 3.05) is 33.2 Å². The SMILES string of the molecule is CN=C(NCCn1ccnc1)NCC(c1cccs1)N1CCC(C)CC1.I. The molecule has 0 bridgehead atoms. The summed E-state index contributed by atoms with van der Waals surface area (Å²) in [5.74, 6) is 1.71. The Bertz CT molecular complexity index is 650. The smallest absolute Gasteiger partial charge is 0.191 e. The van der Waals surface area contributed by atoms with Gasteiger partial charge in [-0.05, 0) is 43.3 Å². The molecule has 0 amide bonds. The predicted molar refractivity (Wildman–Crippen MR) is 124 cm³/mol. The minimum atomic E-state index is 0. The van der Waals surface area contributed by atoms with Gasteiger partial charge in [0.15, 0.2) is 5.96 Å². The Balaban J connectivity index is 0.00000261. The molecule has 1 aliphatic rings. The molecule has 6 nitrogen and oxygen atoms in total. The summed E-state index contributed by atoms with van der Waals surface area (Å²) in [5, 5.41) is 9.09. The number of piperidine rings is 1. The van der Waals surface area contributed by atoms with Crippen LogP contribution in [0.5, 0.6) is 0 Å². The maximum atomic E-state index is 4.37. The largest absolute Gasteiger partial charge is 0.355 e. The molecular formula is C19H31IN6S. The number of halogens is 1. The van der Waals surface area contributed by atoms with Crippen molar-refractivity contribution >= 4 is 41.3 Å². The molecule has 0 aliphatic carbocycles. The molecule has 2 aromatic rings. The lowest BCUT2D eigenvalue weighted by atomic mass is 9.97. The molecule has 2 N–H and O–H groups in total. The van der Waals surface area contributed by atoms with Crippen molar-refractivity contribution in [1.82, 2.24) is 25.1 Å². The normalized spacial score (nSPS) is 17.3. The second-order valence-electron chi connectivity index (χ2n) is 6.93. The quantitative estimate of drug-likeness (QED) is 0.347. The number of hydrogen-bond acceptors (Lipinski definition) is 4. The number of imidazole rings is 1. The van der Waals surface area contributed by atoms with Gasteiger partial charge in [-0.15, -0.1) is 35.3 Å². The van der Waals surface area contributed by atoms with Gasteiger partial charge < -0.3 is 15.2 Å². The number of aliphatic imine (C=N–C) groups is 1. The Kier molecular flexibility index (Phi) is 9.57. The molecule has 0 radical (unpaired) electrons. The van der Waals surface area contributed by atoms with Crippen molar-refractivity contribution in [3.05, 3.63) is 41.1 Å². The van der Waals surface area contributed by atoms with Crippen LogP contribution in [-0.2, 0) is 6.54 Å². The van der Waals surface area contributed by atoms with Gasteiger partial charge in [0.25, 0.3) is 0 Å². The maximum Gasteiger partial charge on any atom is 0.191 e. The van der Waals surface area contributed by atoms with Crippen LogP contribution in [0, 0.1) is 5.92 Å². The highest BCUT2D eigenvalue weighted by Crippen LogP contribution is 2.28. The fourth-order valence-corrected chi connectivity index (χ4v) is 4.23. The predicted octanol–water partition coefficient (Wildman–Crippen LogP) is 3.20. The van der Waals surface area contributed by atoms with E-state index >= 15 is 0 Å². The first-order chi connectivity index (χ1) is 12.8. The zero-order chi connectivity index (χ0) is 18.2. The highest BCUT2D eigenvalue weighted by Gasteiger charge is 2.25. The van der Waals surface area contributed by atoms with Crippen LogP contribution in [-0.4, -0.2) is 53.6 Å². The third kappa shape index (κ3) is 6.76. The van der Waals surface area contributed by atoms with Gasteiger partial charge in [-0.2, -0.15) is 0 Å². The van der Waals surface area contributed by atoms with E-state index in [0.29, 0.717) is 6.04 Å². The molecule has 0 saturated carbocycles. The Labute approximate surface area is 183 Å². The molecular weight excluding hydrogens is 471 g/mol. The third-order valence-electron chi connectivity index (χ3n) is 5.04. The monoisotopic (exact) mass is 502 g/mol. The summed E-state index contributed by atoms with van der Waals surface area (Å²) in [6, 6.07) is 4.82. The van der Waals surface area contributed by atoms with Crippen LogP contribution in [0.1, 0.15) is 30.7 Å². The van der Waals surface area contributed by atoms with Gasteiger partial charge in [-0.3, -0.25) is 9.89 Å². The van der Waals surface area contributed by atoms with Crippen LogP contribution >= 0.6 is 35.3 Å². The highest BCUT2D eigenvalue weighted by molar-refractivity contribution is 14.0. The standard InChI is InChI=1S/C19H30N6S.HI/c1-16-5-9-25(10-6-16)17(18-4-3-13-26-18)14-23-19(20-2)22-8-12-24-11-7-21-15-24;/h3-4,7,11,13,15-17H,5-6,8-10,12,14H2,1-2H3,(H2,20,22,23);1H. The summed E-state index contributed by atoms with van der Waals surface area (Å²) >= 11 is 1.85. The molecule has 3 rings (SSSR count). The zero-order valence-electron chi connectivity index (χ0n) is 16.2. The van der Waals surface area contributed by atoms with Gasteiger partial charge in [0, 0.05) is 44.0 Å². The third-order valence-corrected chi connectivity index (χ3v) is 6.01. The highest BCUT2D eigenvalue weighted by atomic mass is 127. The Hall–Kier alpha value is -1.13. The molecule has 8 heteroatoms. The van der Waals surface area contributed by atoms with E-state index in [2.05, 4.69) is 54.5 Å². The molecule has 1 unspecified atom stereocenters. The lowest BCUT2D eigenvalue weighted by Crippen LogP contribution is -2.45. The summed E-state index contributed by atoms with van der Waals surface area (Å²) < 4.78 is 2.06. The van der Waals surface area contributed by atoms with Crippen molar-refractivity contribution in [2.24, 2.45) is 10.9 Å². The first kappa shape index (κ1) is 22.2. The molecule has 0 aromatic carbocycles. The number of nitrogens with one attached hydrogen (secondary N) is 2. The van der Waals surface area contributed by atoms with E-state index < -0.39 is 0 Å². The summed E-state index contributed by atoms with van der Waals surface area (Å²) in [6.07, 6.45) is 8.20. The first-order valence-corrected chi connectivity index (χ1v) is 10.3. The van der Waals surface area contributed by atoms with Gasteiger partial charge in [0.2, 0.25) is 0 Å². The summed E-state index contributed by atoms with van der Waals surface area (Å²) in [6.45, 7) is 7.29. The topological polar surface area (TPSA) is 57.5 Å². The van der Waals surface area contributed by atoms with Gasteiger partial charge in [-0.25, -0.2) is 4.98 Å². The van der Waals surface area contributed by atoms with E-state index in [1.165, 1.54) is 30.8 Å². The van der Waals surface area contributed by atoms with Gasteiger partial charge >= 0.3 is 0 Å². The van der Waals surface area contributed by atoms with E-state index in [4.69, 9.17) is 0 Å². The van der Waals surface area contributed by atoms with Crippen LogP contribution in [0.2, 0.25) is 0 Å². The van der Waals surface area contributed by atoms with Crippen molar-refractivity contribution in [3.63, 3.8) is 0 Å². The summed E-state index contributed by atoms with van der Waals surface area (Å²) in [7, 11) is 1.83. The average Bonchev–Trinajstić information content (AvgIpc) is 3.36. The van der Waals surface area contributed by atoms with Crippen LogP contribution in [0.25, 0.3) is 0 Å². The van der Waals surface area contributed by atoms with Crippen molar-refractivity contribution in [1.29, 1.82) is 0 Å². The number of rotatable bonds is 7. The lowest BCUT2D eigenvalue weighted by molar-refractivity contribution is 0.140. The van der Waals surface area contributed by atoms with Crippen LogP contribution in [0.3, 0.4) is 0 Å². The van der Waals surface area contributed by atoms with Crippen molar-refractivity contribution < 1.29 is 0 Å². The van der Waals surface area contributed by atoms with Crippen LogP contribution in [0.4, 0.5) is 0 Å². The van der Waals surface area contributed by atoms with Crippen LogP contribution < -0.4 is 10.6 Å². The second kappa shape index (κ2) is 11.7. The fraction of sp³-hybridized carbons (Fsp3) is 0.579. The molecule has 3 heterocycles. The second-order valence-corrected chi connectivity index (χ2v) is 7.91. The Morgan fingerprint density at radius 1 is 1.37 bits per heavy atom. The van der Waals surface area contributed by atoms with E-state index in [1.807, 2.05) is 30.9 Å².